The van der Waals surface area contributed by atoms with Crippen LogP contribution in [0.2, 0.25) is 0 Å². The van der Waals surface area contributed by atoms with Crippen molar-refractivity contribution in [2.75, 3.05) is 7.11 Å². The van der Waals surface area contributed by atoms with Gasteiger partial charge in [0.25, 0.3) is 0 Å². The van der Waals surface area contributed by atoms with E-state index < -0.39 is 0 Å². The summed E-state index contributed by atoms with van der Waals surface area (Å²) in [6.45, 7) is 4.00. The van der Waals surface area contributed by atoms with Crippen LogP contribution < -0.4 is 10.5 Å². The van der Waals surface area contributed by atoms with E-state index in [4.69, 9.17) is 10.5 Å². The second kappa shape index (κ2) is 6.26. The molecular formula is C16H22FN3O. The van der Waals surface area contributed by atoms with E-state index in [9.17, 15) is 4.39 Å². The molecule has 0 bridgehead atoms. The third-order valence-corrected chi connectivity index (χ3v) is 3.87. The van der Waals surface area contributed by atoms with Crippen LogP contribution >= 0.6 is 0 Å². The Hall–Kier alpha value is -1.88. The molecule has 0 fully saturated rings. The molecule has 1 aromatic carbocycles. The Kier molecular flexibility index (Phi) is 4.63. The molecule has 0 radical (unpaired) electrons. The van der Waals surface area contributed by atoms with Gasteiger partial charge in [0.05, 0.1) is 12.8 Å². The first-order chi connectivity index (χ1) is 9.93. The van der Waals surface area contributed by atoms with Gasteiger partial charge in [0.2, 0.25) is 0 Å². The molecule has 0 aliphatic heterocycles. The third kappa shape index (κ3) is 3.24. The van der Waals surface area contributed by atoms with Crippen LogP contribution in [-0.2, 0) is 19.9 Å². The fraction of sp³-hybridized carbons (Fsp3) is 0.438. The fourth-order valence-electron chi connectivity index (χ4n) is 2.60. The van der Waals surface area contributed by atoms with Gasteiger partial charge >= 0.3 is 0 Å². The number of halogens is 1. The van der Waals surface area contributed by atoms with Crippen molar-refractivity contribution < 1.29 is 9.13 Å². The number of nitrogens with zero attached hydrogens (tertiary/aromatic N) is 2. The predicted octanol–water partition coefficient (Wildman–Crippen LogP) is 2.30. The molecule has 0 aliphatic carbocycles. The Morgan fingerprint density at radius 2 is 2.05 bits per heavy atom. The lowest BCUT2D eigenvalue weighted by atomic mass is 9.98. The van der Waals surface area contributed by atoms with Gasteiger partial charge < -0.3 is 10.5 Å². The first kappa shape index (κ1) is 15.5. The van der Waals surface area contributed by atoms with Crippen molar-refractivity contribution in [2.45, 2.75) is 32.7 Å². The highest BCUT2D eigenvalue weighted by Crippen LogP contribution is 2.22. The minimum atomic E-state index is -0.324. The average molecular weight is 291 g/mol. The molecule has 0 aliphatic rings. The standard InChI is InChI=1S/C16H22FN3O/c1-10-14(11(2)20(3)19-10)9-13(18)8-12-6-5-7-15(21-4)16(12)17/h5-7,13H,8-9,18H2,1-4H3. The predicted molar refractivity (Wildman–Crippen MR) is 81.0 cm³/mol. The molecule has 0 amide bonds. The van der Waals surface area contributed by atoms with E-state index in [1.807, 2.05) is 25.6 Å². The van der Waals surface area contributed by atoms with Gasteiger partial charge in [-0.1, -0.05) is 12.1 Å². The maximum atomic E-state index is 14.1. The van der Waals surface area contributed by atoms with Gasteiger partial charge in [-0.2, -0.15) is 5.10 Å². The molecule has 1 atom stereocenters. The summed E-state index contributed by atoms with van der Waals surface area (Å²) in [6.07, 6.45) is 1.15. The van der Waals surface area contributed by atoms with Crippen LogP contribution in [0.4, 0.5) is 4.39 Å². The molecule has 114 valence electrons. The van der Waals surface area contributed by atoms with E-state index in [-0.39, 0.29) is 17.6 Å². The Morgan fingerprint density at radius 1 is 1.33 bits per heavy atom. The van der Waals surface area contributed by atoms with Crippen LogP contribution in [0.25, 0.3) is 0 Å². The minimum absolute atomic E-state index is 0.159. The Balaban J connectivity index is 2.13. The number of rotatable bonds is 5. The zero-order chi connectivity index (χ0) is 15.6. The number of nitrogens with two attached hydrogens (primary N) is 1. The van der Waals surface area contributed by atoms with Gasteiger partial charge in [0, 0.05) is 18.8 Å². The van der Waals surface area contributed by atoms with Crippen molar-refractivity contribution in [3.63, 3.8) is 0 Å². The van der Waals surface area contributed by atoms with E-state index in [0.717, 1.165) is 17.0 Å². The van der Waals surface area contributed by atoms with Gasteiger partial charge in [-0.05, 0) is 43.9 Å². The third-order valence-electron chi connectivity index (χ3n) is 3.87. The van der Waals surface area contributed by atoms with Crippen LogP contribution in [0.5, 0.6) is 5.75 Å². The fourth-order valence-corrected chi connectivity index (χ4v) is 2.60. The van der Waals surface area contributed by atoms with Gasteiger partial charge in [-0.3, -0.25) is 4.68 Å². The molecule has 1 unspecified atom stereocenters. The molecular weight excluding hydrogens is 269 g/mol. The largest absolute Gasteiger partial charge is 0.494 e. The average Bonchev–Trinajstić information content (AvgIpc) is 2.68. The first-order valence-electron chi connectivity index (χ1n) is 7.00. The maximum absolute atomic E-state index is 14.1. The van der Waals surface area contributed by atoms with E-state index in [1.54, 1.807) is 18.2 Å². The number of hydrogen-bond acceptors (Lipinski definition) is 3. The lowest BCUT2D eigenvalue weighted by molar-refractivity contribution is 0.383. The summed E-state index contributed by atoms with van der Waals surface area (Å²) < 4.78 is 21.0. The Morgan fingerprint density at radius 3 is 2.62 bits per heavy atom. The van der Waals surface area contributed by atoms with E-state index in [1.165, 1.54) is 7.11 Å². The Labute approximate surface area is 124 Å². The van der Waals surface area contributed by atoms with E-state index >= 15 is 0 Å². The minimum Gasteiger partial charge on any atom is -0.494 e. The molecule has 2 rings (SSSR count). The van der Waals surface area contributed by atoms with E-state index in [2.05, 4.69) is 5.10 Å². The number of ether oxygens (including phenoxy) is 1. The number of aromatic nitrogens is 2. The van der Waals surface area contributed by atoms with Gasteiger partial charge in [-0.15, -0.1) is 0 Å². The molecule has 5 heteroatoms. The molecule has 0 spiro atoms. The van der Waals surface area contributed by atoms with Crippen molar-refractivity contribution in [1.82, 2.24) is 9.78 Å². The summed E-state index contributed by atoms with van der Waals surface area (Å²) in [5.74, 6) is -0.0662. The zero-order valence-corrected chi connectivity index (χ0v) is 13.0. The molecule has 1 heterocycles. The monoisotopic (exact) mass is 291 g/mol. The summed E-state index contributed by atoms with van der Waals surface area (Å²) in [4.78, 5) is 0. The number of methoxy groups -OCH3 is 1. The lowest BCUT2D eigenvalue weighted by Crippen LogP contribution is -2.26. The smallest absolute Gasteiger partial charge is 0.168 e. The van der Waals surface area contributed by atoms with Crippen LogP contribution in [-0.4, -0.2) is 22.9 Å². The van der Waals surface area contributed by atoms with Crippen molar-refractivity contribution in [2.24, 2.45) is 12.8 Å². The molecule has 0 saturated carbocycles. The molecule has 4 nitrogen and oxygen atoms in total. The topological polar surface area (TPSA) is 53.1 Å². The van der Waals surface area contributed by atoms with Crippen LogP contribution in [0.1, 0.15) is 22.5 Å². The SMILES string of the molecule is COc1cccc(CC(N)Cc2c(C)nn(C)c2C)c1F. The molecule has 21 heavy (non-hydrogen) atoms. The quantitative estimate of drug-likeness (QED) is 0.919. The molecule has 0 saturated heterocycles. The van der Waals surface area contributed by atoms with Crippen molar-refractivity contribution >= 4 is 0 Å². The van der Waals surface area contributed by atoms with E-state index in [0.29, 0.717) is 18.4 Å². The first-order valence-corrected chi connectivity index (χ1v) is 7.00. The normalized spacial score (nSPS) is 12.5. The van der Waals surface area contributed by atoms with Crippen molar-refractivity contribution in [1.29, 1.82) is 0 Å². The zero-order valence-electron chi connectivity index (χ0n) is 13.0. The second-order valence-corrected chi connectivity index (χ2v) is 5.37. The van der Waals surface area contributed by atoms with Gasteiger partial charge in [0.15, 0.2) is 11.6 Å². The maximum Gasteiger partial charge on any atom is 0.168 e. The highest BCUT2D eigenvalue weighted by Gasteiger charge is 2.16. The summed E-state index contributed by atoms with van der Waals surface area (Å²) >= 11 is 0. The number of benzene rings is 1. The van der Waals surface area contributed by atoms with Crippen LogP contribution in [0, 0.1) is 19.7 Å². The molecule has 2 N–H and O–H groups in total. The van der Waals surface area contributed by atoms with Gasteiger partial charge in [0.1, 0.15) is 0 Å². The number of aryl methyl sites for hydroxylation is 2. The lowest BCUT2D eigenvalue weighted by Gasteiger charge is -2.14. The highest BCUT2D eigenvalue weighted by atomic mass is 19.1. The second-order valence-electron chi connectivity index (χ2n) is 5.37. The van der Waals surface area contributed by atoms with Crippen LogP contribution in [0.15, 0.2) is 18.2 Å². The Bertz CT molecular complexity index is 637. The molecule has 1 aromatic heterocycles. The summed E-state index contributed by atoms with van der Waals surface area (Å²) in [5, 5.41) is 4.38. The summed E-state index contributed by atoms with van der Waals surface area (Å²) in [5.41, 5.74) is 10.0. The van der Waals surface area contributed by atoms with Crippen molar-refractivity contribution in [3.8, 4) is 5.75 Å². The van der Waals surface area contributed by atoms with Crippen molar-refractivity contribution in [3.05, 3.63) is 46.5 Å². The molecule has 2 aromatic rings. The van der Waals surface area contributed by atoms with Crippen LogP contribution in [0.3, 0.4) is 0 Å². The van der Waals surface area contributed by atoms with Gasteiger partial charge in [-0.25, -0.2) is 4.39 Å². The highest BCUT2D eigenvalue weighted by molar-refractivity contribution is 5.32. The summed E-state index contributed by atoms with van der Waals surface area (Å²) in [6, 6.07) is 4.98. The number of hydrogen-bond donors (Lipinski definition) is 1. The summed E-state index contributed by atoms with van der Waals surface area (Å²) in [7, 11) is 3.38.